The predicted molar refractivity (Wildman–Crippen MR) is 72.6 cm³/mol. The summed E-state index contributed by atoms with van der Waals surface area (Å²) in [7, 11) is 2.04. The average Bonchev–Trinajstić information content (AvgIpc) is 2.70. The lowest BCUT2D eigenvalue weighted by molar-refractivity contribution is 0.655. The zero-order valence-electron chi connectivity index (χ0n) is 9.89. The molecular formula is C14H18BrN. The van der Waals surface area contributed by atoms with Gasteiger partial charge < -0.3 is 5.32 Å². The highest BCUT2D eigenvalue weighted by Gasteiger charge is 2.17. The first kappa shape index (κ1) is 11.9. The molecule has 86 valence electrons. The number of aryl methyl sites for hydroxylation is 1. The summed E-state index contributed by atoms with van der Waals surface area (Å²) < 4.78 is 1.17. The fraction of sp³-hybridized carbons (Fsp3) is 0.429. The molecule has 0 fully saturated rings. The fourth-order valence-corrected chi connectivity index (χ4v) is 3.08. The van der Waals surface area contributed by atoms with Crippen molar-refractivity contribution in [3.8, 4) is 0 Å². The predicted octanol–water partition coefficient (Wildman–Crippen LogP) is 4.13. The Balaban J connectivity index is 2.32. The Morgan fingerprint density at radius 2 is 2.12 bits per heavy atom. The van der Waals surface area contributed by atoms with Gasteiger partial charge in [0.1, 0.15) is 0 Å². The van der Waals surface area contributed by atoms with Crippen molar-refractivity contribution in [1.82, 2.24) is 5.32 Å². The summed E-state index contributed by atoms with van der Waals surface area (Å²) in [5, 5.41) is 3.43. The first-order valence-electron chi connectivity index (χ1n) is 5.84. The third-order valence-electron chi connectivity index (χ3n) is 3.13. The second-order valence-electron chi connectivity index (χ2n) is 4.45. The van der Waals surface area contributed by atoms with Crippen LogP contribution in [-0.2, 0) is 0 Å². The van der Waals surface area contributed by atoms with Gasteiger partial charge in [0, 0.05) is 4.47 Å². The zero-order chi connectivity index (χ0) is 11.5. The normalized spacial score (nSPS) is 17.3. The number of nitrogens with one attached hydrogen (secondary N) is 1. The Morgan fingerprint density at radius 1 is 1.31 bits per heavy atom. The maximum Gasteiger partial charge on any atom is 0.0534 e. The molecule has 0 aromatic heterocycles. The van der Waals surface area contributed by atoms with Gasteiger partial charge in [0.2, 0.25) is 0 Å². The van der Waals surface area contributed by atoms with Crippen LogP contribution in [0, 0.1) is 6.92 Å². The van der Waals surface area contributed by atoms with Crippen LogP contribution >= 0.6 is 15.9 Å². The van der Waals surface area contributed by atoms with Crippen molar-refractivity contribution in [3.63, 3.8) is 0 Å². The van der Waals surface area contributed by atoms with Crippen molar-refractivity contribution < 1.29 is 0 Å². The molecule has 0 radical (unpaired) electrons. The van der Waals surface area contributed by atoms with Crippen LogP contribution in [0.4, 0.5) is 0 Å². The van der Waals surface area contributed by atoms with Crippen LogP contribution < -0.4 is 5.32 Å². The van der Waals surface area contributed by atoms with Crippen molar-refractivity contribution >= 4 is 15.9 Å². The van der Waals surface area contributed by atoms with E-state index < -0.39 is 0 Å². The maximum atomic E-state index is 3.57. The van der Waals surface area contributed by atoms with Gasteiger partial charge in [-0.1, -0.05) is 33.6 Å². The lowest BCUT2D eigenvalue weighted by Gasteiger charge is -2.19. The average molecular weight is 280 g/mol. The second-order valence-corrected chi connectivity index (χ2v) is 5.37. The van der Waals surface area contributed by atoms with Crippen LogP contribution in [-0.4, -0.2) is 7.05 Å². The van der Waals surface area contributed by atoms with E-state index in [9.17, 15) is 0 Å². The van der Waals surface area contributed by atoms with E-state index in [-0.39, 0.29) is 0 Å². The van der Waals surface area contributed by atoms with Crippen molar-refractivity contribution in [2.24, 2.45) is 0 Å². The van der Waals surface area contributed by atoms with Gasteiger partial charge in [-0.15, -0.1) is 0 Å². The van der Waals surface area contributed by atoms with E-state index in [4.69, 9.17) is 0 Å². The van der Waals surface area contributed by atoms with Gasteiger partial charge in [0.05, 0.1) is 6.04 Å². The summed E-state index contributed by atoms with van der Waals surface area (Å²) >= 11 is 3.57. The van der Waals surface area contributed by atoms with Crippen LogP contribution in [0.15, 0.2) is 34.3 Å². The largest absolute Gasteiger partial charge is 0.310 e. The smallest absolute Gasteiger partial charge is 0.0534 e. The molecule has 1 aliphatic rings. The number of halogens is 1. The fourth-order valence-electron chi connectivity index (χ4n) is 2.46. The molecule has 1 nitrogen and oxygen atoms in total. The van der Waals surface area contributed by atoms with E-state index in [1.807, 2.05) is 7.05 Å². The molecular weight excluding hydrogens is 262 g/mol. The summed E-state index contributed by atoms with van der Waals surface area (Å²) in [4.78, 5) is 0. The molecule has 0 saturated heterocycles. The third kappa shape index (κ3) is 2.55. The number of benzene rings is 1. The summed E-state index contributed by atoms with van der Waals surface area (Å²) in [5.74, 6) is 0. The highest BCUT2D eigenvalue weighted by molar-refractivity contribution is 9.10. The second kappa shape index (κ2) is 5.15. The van der Waals surface area contributed by atoms with Gasteiger partial charge in [0.15, 0.2) is 0 Å². The molecule has 1 aromatic rings. The summed E-state index contributed by atoms with van der Waals surface area (Å²) in [6.07, 6.45) is 6.16. The quantitative estimate of drug-likeness (QED) is 0.821. The van der Waals surface area contributed by atoms with Crippen molar-refractivity contribution in [2.45, 2.75) is 32.2 Å². The lowest BCUT2D eigenvalue weighted by Crippen LogP contribution is -2.18. The monoisotopic (exact) mass is 279 g/mol. The SMILES string of the molecule is CNC(C1=CCCC1)c1cc(C)cc(Br)c1. The van der Waals surface area contributed by atoms with Gasteiger partial charge >= 0.3 is 0 Å². The Kier molecular flexibility index (Phi) is 3.82. The van der Waals surface area contributed by atoms with Gasteiger partial charge in [-0.25, -0.2) is 0 Å². The molecule has 1 aliphatic carbocycles. The van der Waals surface area contributed by atoms with Gasteiger partial charge in [-0.05, 0) is 56.5 Å². The van der Waals surface area contributed by atoms with E-state index >= 15 is 0 Å². The minimum atomic E-state index is 0.388. The molecule has 2 heteroatoms. The van der Waals surface area contributed by atoms with Crippen LogP contribution in [0.5, 0.6) is 0 Å². The van der Waals surface area contributed by atoms with Crippen LogP contribution in [0.25, 0.3) is 0 Å². The van der Waals surface area contributed by atoms with Crippen molar-refractivity contribution in [2.75, 3.05) is 7.05 Å². The van der Waals surface area contributed by atoms with Crippen LogP contribution in [0.3, 0.4) is 0 Å². The van der Waals surface area contributed by atoms with Crippen molar-refractivity contribution in [1.29, 1.82) is 0 Å². The molecule has 0 amide bonds. The Hall–Kier alpha value is -0.600. The molecule has 1 unspecified atom stereocenters. The van der Waals surface area contributed by atoms with E-state index in [2.05, 4.69) is 52.4 Å². The highest BCUT2D eigenvalue weighted by atomic mass is 79.9. The summed E-state index contributed by atoms with van der Waals surface area (Å²) in [6, 6.07) is 7.02. The van der Waals surface area contributed by atoms with Crippen LogP contribution in [0.1, 0.15) is 36.4 Å². The molecule has 0 heterocycles. The standard InChI is InChI=1S/C14H18BrN/c1-10-7-12(9-13(15)8-10)14(16-2)11-5-3-4-6-11/h5,7-9,14,16H,3-4,6H2,1-2H3. The molecule has 0 spiro atoms. The number of rotatable bonds is 3. The summed E-state index contributed by atoms with van der Waals surface area (Å²) in [6.45, 7) is 2.14. The molecule has 1 atom stereocenters. The first-order chi connectivity index (χ1) is 7.70. The molecule has 2 rings (SSSR count). The lowest BCUT2D eigenvalue weighted by atomic mass is 9.97. The van der Waals surface area contributed by atoms with Gasteiger partial charge in [-0.3, -0.25) is 0 Å². The summed E-state index contributed by atoms with van der Waals surface area (Å²) in [5.41, 5.74) is 4.21. The maximum absolute atomic E-state index is 3.57. The topological polar surface area (TPSA) is 12.0 Å². The molecule has 16 heavy (non-hydrogen) atoms. The number of hydrogen-bond acceptors (Lipinski definition) is 1. The Bertz CT molecular complexity index is 389. The van der Waals surface area contributed by atoms with Crippen molar-refractivity contribution in [3.05, 3.63) is 45.4 Å². The Morgan fingerprint density at radius 3 is 2.69 bits per heavy atom. The zero-order valence-corrected chi connectivity index (χ0v) is 11.5. The van der Waals surface area contributed by atoms with Gasteiger partial charge in [-0.2, -0.15) is 0 Å². The first-order valence-corrected chi connectivity index (χ1v) is 6.63. The molecule has 0 aliphatic heterocycles. The number of hydrogen-bond donors (Lipinski definition) is 1. The number of likely N-dealkylation sites (N-methyl/N-ethyl adjacent to an activating group) is 1. The Labute approximate surface area is 106 Å². The third-order valence-corrected chi connectivity index (χ3v) is 3.59. The van der Waals surface area contributed by atoms with Crippen LogP contribution in [0.2, 0.25) is 0 Å². The number of allylic oxidation sites excluding steroid dienone is 1. The molecule has 0 saturated carbocycles. The minimum absolute atomic E-state index is 0.388. The van der Waals surface area contributed by atoms with E-state index in [0.29, 0.717) is 6.04 Å². The van der Waals surface area contributed by atoms with E-state index in [0.717, 1.165) is 0 Å². The minimum Gasteiger partial charge on any atom is -0.310 e. The highest BCUT2D eigenvalue weighted by Crippen LogP contribution is 2.32. The van der Waals surface area contributed by atoms with Gasteiger partial charge in [0.25, 0.3) is 0 Å². The molecule has 0 bridgehead atoms. The van der Waals surface area contributed by atoms with E-state index in [1.165, 1.54) is 34.9 Å². The molecule has 1 N–H and O–H groups in total. The molecule has 1 aromatic carbocycles. The van der Waals surface area contributed by atoms with E-state index in [1.54, 1.807) is 5.57 Å².